The summed E-state index contributed by atoms with van der Waals surface area (Å²) in [7, 11) is 1.34. The van der Waals surface area contributed by atoms with Crippen molar-refractivity contribution in [3.8, 4) is 0 Å². The van der Waals surface area contributed by atoms with E-state index >= 15 is 0 Å². The number of para-hydroxylation sites is 1. The van der Waals surface area contributed by atoms with Crippen molar-refractivity contribution in [2.75, 3.05) is 18.6 Å². The Kier molecular flexibility index (Phi) is 5.89. The first-order valence-corrected chi connectivity index (χ1v) is 8.96. The predicted molar refractivity (Wildman–Crippen MR) is 101 cm³/mol. The molecule has 0 fully saturated rings. The topological polar surface area (TPSA) is 58.6 Å². The Balaban J connectivity index is 1.78. The van der Waals surface area contributed by atoms with Gasteiger partial charge < -0.3 is 10.1 Å². The summed E-state index contributed by atoms with van der Waals surface area (Å²) in [4.78, 5) is 26.9. The third-order valence-electron chi connectivity index (χ3n) is 4.67. The molecular weight excluding hydrogens is 328 g/mol. The number of fused-ring (bicyclic) bond motifs is 1. The summed E-state index contributed by atoms with van der Waals surface area (Å²) >= 11 is 0. The Morgan fingerprint density at radius 3 is 2.58 bits per heavy atom. The molecule has 0 saturated carbocycles. The first-order valence-electron chi connectivity index (χ1n) is 8.96. The number of ether oxygens (including phenoxy) is 1. The van der Waals surface area contributed by atoms with Gasteiger partial charge in [0.2, 0.25) is 0 Å². The zero-order chi connectivity index (χ0) is 18.4. The molecule has 1 aliphatic heterocycles. The lowest BCUT2D eigenvalue weighted by atomic mass is 10.1. The van der Waals surface area contributed by atoms with Crippen LogP contribution in [0.1, 0.15) is 24.0 Å². The molecule has 0 spiro atoms. The number of aryl methyl sites for hydroxylation is 1. The summed E-state index contributed by atoms with van der Waals surface area (Å²) in [5.74, 6) is -0.440. The first-order chi connectivity index (χ1) is 12.7. The Morgan fingerprint density at radius 1 is 1.08 bits per heavy atom. The van der Waals surface area contributed by atoms with E-state index in [0.717, 1.165) is 36.1 Å². The van der Waals surface area contributed by atoms with Gasteiger partial charge in [-0.15, -0.1) is 0 Å². The fraction of sp³-hybridized carbons (Fsp3) is 0.333. The van der Waals surface area contributed by atoms with Gasteiger partial charge in [-0.25, -0.2) is 9.59 Å². The normalized spacial score (nSPS) is 14.7. The molecule has 2 aromatic rings. The lowest BCUT2D eigenvalue weighted by Crippen LogP contribution is -2.49. The molecule has 1 atom stereocenters. The number of methoxy groups -OCH3 is 1. The third-order valence-corrected chi connectivity index (χ3v) is 4.67. The number of nitrogens with zero attached hydrogens (tertiary/aromatic N) is 1. The molecule has 26 heavy (non-hydrogen) atoms. The van der Waals surface area contributed by atoms with Crippen LogP contribution in [0, 0.1) is 0 Å². The number of rotatable bonds is 4. The van der Waals surface area contributed by atoms with E-state index in [9.17, 15) is 9.59 Å². The molecule has 5 nitrogen and oxygen atoms in total. The van der Waals surface area contributed by atoms with Crippen molar-refractivity contribution in [1.82, 2.24) is 5.32 Å². The molecule has 3 rings (SSSR count). The molecule has 1 aliphatic rings. The number of carbonyl (C=O) groups is 2. The van der Waals surface area contributed by atoms with E-state index in [0.29, 0.717) is 13.0 Å². The summed E-state index contributed by atoms with van der Waals surface area (Å²) in [6, 6.07) is 16.6. The maximum Gasteiger partial charge on any atom is 0.328 e. The van der Waals surface area contributed by atoms with Crippen molar-refractivity contribution in [3.63, 3.8) is 0 Å². The van der Waals surface area contributed by atoms with Crippen LogP contribution in [-0.2, 0) is 22.4 Å². The summed E-state index contributed by atoms with van der Waals surface area (Å²) in [6.45, 7) is 0.641. The van der Waals surface area contributed by atoms with Crippen LogP contribution < -0.4 is 10.2 Å². The van der Waals surface area contributed by atoms with E-state index in [4.69, 9.17) is 4.74 Å². The average molecular weight is 352 g/mol. The number of nitrogens with one attached hydrogen (secondary N) is 1. The molecule has 0 aromatic heterocycles. The number of benzene rings is 2. The van der Waals surface area contributed by atoms with E-state index in [-0.39, 0.29) is 6.03 Å². The van der Waals surface area contributed by atoms with Gasteiger partial charge in [-0.1, -0.05) is 48.5 Å². The second-order valence-electron chi connectivity index (χ2n) is 6.45. The number of carbonyl (C=O) groups excluding carboxylic acids is 2. The largest absolute Gasteiger partial charge is 0.467 e. The second-order valence-corrected chi connectivity index (χ2v) is 6.45. The van der Waals surface area contributed by atoms with Gasteiger partial charge in [-0.05, 0) is 36.5 Å². The number of anilines is 1. The maximum atomic E-state index is 12.9. The van der Waals surface area contributed by atoms with E-state index in [1.165, 1.54) is 7.11 Å². The highest BCUT2D eigenvalue weighted by molar-refractivity contribution is 5.95. The predicted octanol–water partition coefficient (Wildman–Crippen LogP) is 3.32. The van der Waals surface area contributed by atoms with E-state index in [2.05, 4.69) is 11.4 Å². The van der Waals surface area contributed by atoms with Crippen LogP contribution in [0.25, 0.3) is 0 Å². The van der Waals surface area contributed by atoms with Crippen LogP contribution in [0.4, 0.5) is 10.5 Å². The summed E-state index contributed by atoms with van der Waals surface area (Å²) in [5.41, 5.74) is 3.06. The van der Waals surface area contributed by atoms with Gasteiger partial charge in [-0.3, -0.25) is 4.90 Å². The Morgan fingerprint density at radius 2 is 1.81 bits per heavy atom. The molecule has 0 saturated heterocycles. The summed E-state index contributed by atoms with van der Waals surface area (Å²) in [5, 5.41) is 2.87. The monoisotopic (exact) mass is 352 g/mol. The van der Waals surface area contributed by atoms with Crippen LogP contribution >= 0.6 is 0 Å². The molecule has 2 aromatic carbocycles. The van der Waals surface area contributed by atoms with E-state index in [1.54, 1.807) is 4.90 Å². The number of hydrogen-bond acceptors (Lipinski definition) is 3. The second kappa shape index (κ2) is 8.52. The molecule has 0 bridgehead atoms. The number of amides is 2. The Labute approximate surface area is 154 Å². The van der Waals surface area contributed by atoms with Gasteiger partial charge in [-0.2, -0.15) is 0 Å². The van der Waals surface area contributed by atoms with E-state index < -0.39 is 12.0 Å². The van der Waals surface area contributed by atoms with E-state index in [1.807, 2.05) is 48.5 Å². The van der Waals surface area contributed by atoms with Crippen LogP contribution in [-0.4, -0.2) is 31.7 Å². The lowest BCUT2D eigenvalue weighted by Gasteiger charge is -2.26. The fourth-order valence-corrected chi connectivity index (χ4v) is 3.31. The molecule has 1 heterocycles. The molecule has 2 amide bonds. The molecule has 0 aliphatic carbocycles. The molecule has 136 valence electrons. The Hall–Kier alpha value is -2.82. The van der Waals surface area contributed by atoms with Crippen molar-refractivity contribution in [3.05, 3.63) is 65.7 Å². The van der Waals surface area contributed by atoms with Gasteiger partial charge in [0.15, 0.2) is 0 Å². The quantitative estimate of drug-likeness (QED) is 0.859. The van der Waals surface area contributed by atoms with Gasteiger partial charge in [0.25, 0.3) is 0 Å². The van der Waals surface area contributed by atoms with Gasteiger partial charge in [0, 0.05) is 18.7 Å². The zero-order valence-corrected chi connectivity index (χ0v) is 15.0. The fourth-order valence-electron chi connectivity index (χ4n) is 3.31. The van der Waals surface area contributed by atoms with Crippen LogP contribution in [0.15, 0.2) is 54.6 Å². The minimum absolute atomic E-state index is 0.259. The number of urea groups is 1. The van der Waals surface area contributed by atoms with Crippen molar-refractivity contribution in [1.29, 1.82) is 0 Å². The maximum absolute atomic E-state index is 12.9. The first kappa shape index (κ1) is 18.0. The van der Waals surface area contributed by atoms with Crippen molar-refractivity contribution in [2.45, 2.75) is 31.7 Å². The molecule has 5 heteroatoms. The van der Waals surface area contributed by atoms with Crippen molar-refractivity contribution in [2.24, 2.45) is 0 Å². The smallest absolute Gasteiger partial charge is 0.328 e. The number of hydrogen-bond donors (Lipinski definition) is 1. The van der Waals surface area contributed by atoms with Crippen molar-refractivity contribution < 1.29 is 14.3 Å². The SMILES string of the molecule is COC(=O)C(Cc1ccccc1)NC(=O)N1CCCCc2ccccc21. The van der Waals surface area contributed by atoms with Crippen LogP contribution in [0.5, 0.6) is 0 Å². The highest BCUT2D eigenvalue weighted by Crippen LogP contribution is 2.26. The molecular formula is C21H24N2O3. The average Bonchev–Trinajstić information content (AvgIpc) is 2.90. The van der Waals surface area contributed by atoms with Crippen molar-refractivity contribution >= 4 is 17.7 Å². The third kappa shape index (κ3) is 4.23. The standard InChI is InChI=1S/C21H24N2O3/c1-26-20(24)18(15-16-9-3-2-4-10-16)22-21(25)23-14-8-7-12-17-11-5-6-13-19(17)23/h2-6,9-11,13,18H,7-8,12,14-15H2,1H3,(H,22,25). The zero-order valence-electron chi connectivity index (χ0n) is 15.0. The summed E-state index contributed by atoms with van der Waals surface area (Å²) in [6.07, 6.45) is 3.34. The molecule has 1 N–H and O–H groups in total. The van der Waals surface area contributed by atoms with Crippen LogP contribution in [0.3, 0.4) is 0 Å². The van der Waals surface area contributed by atoms with Gasteiger partial charge >= 0.3 is 12.0 Å². The minimum atomic E-state index is -0.717. The molecule has 1 unspecified atom stereocenters. The number of esters is 1. The Bertz CT molecular complexity index is 761. The van der Waals surface area contributed by atoms with Gasteiger partial charge in [0.05, 0.1) is 7.11 Å². The highest BCUT2D eigenvalue weighted by Gasteiger charge is 2.27. The molecule has 0 radical (unpaired) electrons. The minimum Gasteiger partial charge on any atom is -0.467 e. The summed E-state index contributed by atoms with van der Waals surface area (Å²) < 4.78 is 4.89. The highest BCUT2D eigenvalue weighted by atomic mass is 16.5. The lowest BCUT2D eigenvalue weighted by molar-refractivity contribution is -0.142. The van der Waals surface area contributed by atoms with Crippen LogP contribution in [0.2, 0.25) is 0 Å². The van der Waals surface area contributed by atoms with Gasteiger partial charge in [0.1, 0.15) is 6.04 Å².